The van der Waals surface area contributed by atoms with Crippen LogP contribution < -0.4 is 5.32 Å². The highest BCUT2D eigenvalue weighted by atomic mass is 19.1. The van der Waals surface area contributed by atoms with Gasteiger partial charge in [-0.05, 0) is 18.9 Å². The van der Waals surface area contributed by atoms with Gasteiger partial charge in [-0.1, -0.05) is 12.1 Å². The second-order valence-electron chi connectivity index (χ2n) is 4.83. The number of rotatable bonds is 5. The monoisotopic (exact) mass is 266 g/mol. The van der Waals surface area contributed by atoms with Crippen molar-refractivity contribution in [3.63, 3.8) is 0 Å². The molecule has 2 rings (SSSR count). The molecule has 1 N–H and O–H groups in total. The lowest BCUT2D eigenvalue weighted by Gasteiger charge is -2.35. The van der Waals surface area contributed by atoms with E-state index in [0.717, 1.165) is 45.1 Å². The molecule has 1 heterocycles. The maximum Gasteiger partial charge on any atom is 0.130 e. The Morgan fingerprint density at radius 3 is 2.68 bits per heavy atom. The van der Waals surface area contributed by atoms with Gasteiger partial charge in [0.05, 0.1) is 0 Å². The van der Waals surface area contributed by atoms with Gasteiger partial charge in [0.2, 0.25) is 0 Å². The summed E-state index contributed by atoms with van der Waals surface area (Å²) in [6.07, 6.45) is 3.48. The standard InChI is InChI=1S/C15H20F2N2/c1-2-3-4-15(19-9-7-18-8-10-19)13-6-5-12(16)11-14(13)17/h2,5-6,11,15,18H,1,3-4,7-10H2/t15-/m0/s1. The quantitative estimate of drug-likeness (QED) is 0.824. The van der Waals surface area contributed by atoms with Crippen LogP contribution in [0.1, 0.15) is 24.4 Å². The van der Waals surface area contributed by atoms with Gasteiger partial charge in [0.15, 0.2) is 0 Å². The van der Waals surface area contributed by atoms with E-state index in [9.17, 15) is 8.78 Å². The summed E-state index contributed by atoms with van der Waals surface area (Å²) in [5.74, 6) is -0.975. The second kappa shape index (κ2) is 6.78. The number of nitrogens with zero attached hydrogens (tertiary/aromatic N) is 1. The molecule has 1 saturated heterocycles. The smallest absolute Gasteiger partial charge is 0.130 e. The summed E-state index contributed by atoms with van der Waals surface area (Å²) < 4.78 is 27.0. The zero-order chi connectivity index (χ0) is 13.7. The third-order valence-electron chi connectivity index (χ3n) is 3.56. The Morgan fingerprint density at radius 1 is 1.32 bits per heavy atom. The van der Waals surface area contributed by atoms with Crippen LogP contribution in [0.25, 0.3) is 0 Å². The summed E-state index contributed by atoms with van der Waals surface area (Å²) in [6, 6.07) is 3.88. The zero-order valence-corrected chi connectivity index (χ0v) is 11.0. The van der Waals surface area contributed by atoms with Crippen molar-refractivity contribution >= 4 is 0 Å². The average molecular weight is 266 g/mol. The van der Waals surface area contributed by atoms with Gasteiger partial charge in [0.1, 0.15) is 11.6 Å². The zero-order valence-electron chi connectivity index (χ0n) is 11.0. The summed E-state index contributed by atoms with van der Waals surface area (Å²) in [7, 11) is 0. The maximum absolute atomic E-state index is 14.0. The van der Waals surface area contributed by atoms with Crippen LogP contribution in [0.3, 0.4) is 0 Å². The van der Waals surface area contributed by atoms with Crippen LogP contribution >= 0.6 is 0 Å². The van der Waals surface area contributed by atoms with E-state index in [1.807, 2.05) is 6.08 Å². The molecule has 1 fully saturated rings. The molecule has 1 aliphatic rings. The third-order valence-corrected chi connectivity index (χ3v) is 3.56. The number of halogens is 2. The van der Waals surface area contributed by atoms with Crippen LogP contribution in [0, 0.1) is 11.6 Å². The molecule has 1 atom stereocenters. The molecule has 2 nitrogen and oxygen atoms in total. The van der Waals surface area contributed by atoms with Gasteiger partial charge in [0.25, 0.3) is 0 Å². The van der Waals surface area contributed by atoms with Crippen LogP contribution in [-0.4, -0.2) is 31.1 Å². The lowest BCUT2D eigenvalue weighted by molar-refractivity contribution is 0.163. The fraction of sp³-hybridized carbons (Fsp3) is 0.467. The Kier molecular flexibility index (Phi) is 5.05. The van der Waals surface area contributed by atoms with E-state index in [1.165, 1.54) is 6.07 Å². The normalized spacial score (nSPS) is 18.2. The topological polar surface area (TPSA) is 15.3 Å². The van der Waals surface area contributed by atoms with Gasteiger partial charge in [-0.25, -0.2) is 8.78 Å². The second-order valence-corrected chi connectivity index (χ2v) is 4.83. The number of benzene rings is 1. The molecule has 0 amide bonds. The lowest BCUT2D eigenvalue weighted by atomic mass is 9.99. The molecule has 1 aromatic rings. The number of nitrogens with one attached hydrogen (secondary N) is 1. The number of hydrogen-bond acceptors (Lipinski definition) is 2. The highest BCUT2D eigenvalue weighted by Crippen LogP contribution is 2.28. The Hall–Kier alpha value is -1.26. The van der Waals surface area contributed by atoms with E-state index >= 15 is 0 Å². The molecule has 0 saturated carbocycles. The van der Waals surface area contributed by atoms with Gasteiger partial charge in [-0.2, -0.15) is 0 Å². The SMILES string of the molecule is C=CCC[C@@H](c1ccc(F)cc1F)N1CCNCC1. The minimum atomic E-state index is -0.524. The molecular weight excluding hydrogens is 246 g/mol. The van der Waals surface area contributed by atoms with Crippen LogP contribution in [0.5, 0.6) is 0 Å². The highest BCUT2D eigenvalue weighted by Gasteiger charge is 2.24. The minimum Gasteiger partial charge on any atom is -0.314 e. The molecule has 0 radical (unpaired) electrons. The molecule has 0 aliphatic carbocycles. The Morgan fingerprint density at radius 2 is 2.05 bits per heavy atom. The van der Waals surface area contributed by atoms with Gasteiger partial charge in [-0.3, -0.25) is 4.90 Å². The Balaban J connectivity index is 2.22. The van der Waals surface area contributed by atoms with E-state index in [0.29, 0.717) is 5.56 Å². The lowest BCUT2D eigenvalue weighted by Crippen LogP contribution is -2.45. The molecule has 0 spiro atoms. The van der Waals surface area contributed by atoms with Gasteiger partial charge >= 0.3 is 0 Å². The van der Waals surface area contributed by atoms with Gasteiger partial charge in [-0.15, -0.1) is 6.58 Å². The first kappa shape index (κ1) is 14.2. The average Bonchev–Trinajstić information content (AvgIpc) is 2.42. The molecule has 0 unspecified atom stereocenters. The number of piperazine rings is 1. The molecule has 19 heavy (non-hydrogen) atoms. The first-order chi connectivity index (χ1) is 9.22. The number of hydrogen-bond donors (Lipinski definition) is 1. The van der Waals surface area contributed by atoms with E-state index in [2.05, 4.69) is 16.8 Å². The molecule has 1 aromatic carbocycles. The minimum absolute atomic E-state index is 0.000648. The van der Waals surface area contributed by atoms with Crippen LogP contribution in [-0.2, 0) is 0 Å². The number of allylic oxidation sites excluding steroid dienone is 1. The summed E-state index contributed by atoms with van der Waals surface area (Å²) in [6.45, 7) is 7.32. The molecule has 0 aromatic heterocycles. The van der Waals surface area contributed by atoms with E-state index in [-0.39, 0.29) is 6.04 Å². The summed E-state index contributed by atoms with van der Waals surface area (Å²) >= 11 is 0. The van der Waals surface area contributed by atoms with Crippen molar-refractivity contribution in [3.05, 3.63) is 48.1 Å². The third kappa shape index (κ3) is 3.61. The van der Waals surface area contributed by atoms with E-state index in [1.54, 1.807) is 6.07 Å². The van der Waals surface area contributed by atoms with Crippen molar-refractivity contribution in [2.75, 3.05) is 26.2 Å². The fourth-order valence-electron chi connectivity index (χ4n) is 2.58. The predicted octanol–water partition coefficient (Wildman–Crippen LogP) is 2.88. The van der Waals surface area contributed by atoms with Crippen molar-refractivity contribution in [2.45, 2.75) is 18.9 Å². The summed E-state index contributed by atoms with van der Waals surface area (Å²) in [5.41, 5.74) is 0.588. The van der Waals surface area contributed by atoms with Crippen LogP contribution in [0.2, 0.25) is 0 Å². The van der Waals surface area contributed by atoms with Gasteiger partial charge < -0.3 is 5.32 Å². The van der Waals surface area contributed by atoms with Crippen molar-refractivity contribution < 1.29 is 8.78 Å². The maximum atomic E-state index is 14.0. The molecule has 1 aliphatic heterocycles. The molecule has 104 valence electrons. The summed E-state index contributed by atoms with van der Waals surface area (Å²) in [4.78, 5) is 2.26. The summed E-state index contributed by atoms with van der Waals surface area (Å²) in [5, 5.41) is 3.29. The first-order valence-corrected chi connectivity index (χ1v) is 6.73. The van der Waals surface area contributed by atoms with E-state index < -0.39 is 11.6 Å². The molecule has 4 heteroatoms. The van der Waals surface area contributed by atoms with Crippen molar-refractivity contribution in [1.82, 2.24) is 10.2 Å². The molecular formula is C15H20F2N2. The fourth-order valence-corrected chi connectivity index (χ4v) is 2.58. The van der Waals surface area contributed by atoms with Gasteiger partial charge in [0, 0.05) is 43.9 Å². The predicted molar refractivity (Wildman–Crippen MR) is 73.0 cm³/mol. The van der Waals surface area contributed by atoms with Crippen LogP contribution in [0.4, 0.5) is 8.78 Å². The van der Waals surface area contributed by atoms with E-state index in [4.69, 9.17) is 0 Å². The highest BCUT2D eigenvalue weighted by molar-refractivity contribution is 5.22. The van der Waals surface area contributed by atoms with Crippen LogP contribution in [0.15, 0.2) is 30.9 Å². The van der Waals surface area contributed by atoms with Crippen molar-refractivity contribution in [3.8, 4) is 0 Å². The molecule has 0 bridgehead atoms. The Labute approximate surface area is 113 Å². The first-order valence-electron chi connectivity index (χ1n) is 6.73. The van der Waals surface area contributed by atoms with Crippen molar-refractivity contribution in [1.29, 1.82) is 0 Å². The Bertz CT molecular complexity index is 428. The van der Waals surface area contributed by atoms with Crippen molar-refractivity contribution in [2.24, 2.45) is 0 Å². The largest absolute Gasteiger partial charge is 0.314 e.